The van der Waals surface area contributed by atoms with Crippen LogP contribution in [0.3, 0.4) is 0 Å². The molecule has 45 heavy (non-hydrogen) atoms. The quantitative estimate of drug-likeness (QED) is 0.197. The van der Waals surface area contributed by atoms with Crippen LogP contribution in [0, 0.1) is 11.3 Å². The van der Waals surface area contributed by atoms with Crippen molar-refractivity contribution in [2.75, 3.05) is 0 Å². The topological polar surface area (TPSA) is 0 Å². The average molecular weight is 717 g/mol. The molecule has 0 N–H and O–H groups in total. The molecule has 236 valence electrons. The Labute approximate surface area is 285 Å². The summed E-state index contributed by atoms with van der Waals surface area (Å²) in [5.41, 5.74) is 13.2. The molecule has 0 radical (unpaired) electrons. The minimum atomic E-state index is -4.32. The van der Waals surface area contributed by atoms with Gasteiger partial charge in [0.2, 0.25) is 0 Å². The Kier molecular flexibility index (Phi) is 8.18. The van der Waals surface area contributed by atoms with E-state index in [9.17, 15) is 0 Å². The summed E-state index contributed by atoms with van der Waals surface area (Å²) in [7, 11) is 0. The number of rotatable bonds is 4. The van der Waals surface area contributed by atoms with Gasteiger partial charge in [0.15, 0.2) is 0 Å². The van der Waals surface area contributed by atoms with Gasteiger partial charge in [0.05, 0.1) is 0 Å². The van der Waals surface area contributed by atoms with Gasteiger partial charge < -0.3 is 0 Å². The number of allylic oxidation sites excluding steroid dienone is 6. The molecule has 4 aliphatic carbocycles. The molecule has 7 rings (SSSR count). The zero-order valence-corrected chi connectivity index (χ0v) is 32.7. The fourth-order valence-electron chi connectivity index (χ4n) is 9.29. The van der Waals surface area contributed by atoms with Crippen LogP contribution >= 0.6 is 24.8 Å². The maximum absolute atomic E-state index is 5.60. The van der Waals surface area contributed by atoms with Gasteiger partial charge in [-0.25, -0.2) is 0 Å². The molecule has 1 atom stereocenters. The van der Waals surface area contributed by atoms with E-state index in [4.69, 9.17) is 4.21 Å². The summed E-state index contributed by atoms with van der Waals surface area (Å²) in [5.74, 6) is 0.397. The molecule has 0 amide bonds. The predicted octanol–water partition coefficient (Wildman–Crippen LogP) is 11.4. The molecule has 3 heteroatoms. The summed E-state index contributed by atoms with van der Waals surface area (Å²) in [5, 5.41) is 0. The van der Waals surface area contributed by atoms with E-state index in [0.29, 0.717) is 5.92 Å². The van der Waals surface area contributed by atoms with Crippen molar-refractivity contribution in [3.05, 3.63) is 118 Å². The third-order valence-electron chi connectivity index (χ3n) is 11.9. The van der Waals surface area contributed by atoms with Crippen LogP contribution in [0.2, 0.25) is 4.13 Å². The van der Waals surface area contributed by atoms with Crippen molar-refractivity contribution in [1.82, 2.24) is 0 Å². The Bertz CT molecular complexity index is 1920. The summed E-state index contributed by atoms with van der Waals surface area (Å²) >= 11 is -4.32. The van der Waals surface area contributed by atoms with Crippen LogP contribution < -0.4 is 3.27 Å². The molecule has 1 unspecified atom stereocenters. The molecule has 0 heterocycles. The third-order valence-corrected chi connectivity index (χ3v) is 30.0. The van der Waals surface area contributed by atoms with E-state index in [0.717, 1.165) is 10.5 Å². The number of fused-ring (bicyclic) bond motifs is 5. The molecular formula is C42H50Cl2Zr. The minimum absolute atomic E-state index is 0. The summed E-state index contributed by atoms with van der Waals surface area (Å²) in [6.07, 6.45) is 13.5. The van der Waals surface area contributed by atoms with Gasteiger partial charge in [-0.2, -0.15) is 0 Å². The maximum atomic E-state index is 5.60. The van der Waals surface area contributed by atoms with E-state index >= 15 is 0 Å². The Balaban J connectivity index is 0.00000200. The Morgan fingerprint density at radius 1 is 0.844 bits per heavy atom. The fraction of sp³-hybridized carbons (Fsp3) is 0.357. The van der Waals surface area contributed by atoms with E-state index in [1.807, 2.05) is 0 Å². The van der Waals surface area contributed by atoms with Gasteiger partial charge in [-0.1, -0.05) is 0 Å². The SMILES string of the molecule is Cl.Cl.[CH2]=[Zr]([CH2]C)([C]1=CC(C(C)(C)C)=CC1C)([C]1=Cc2cc3c(cc2C1(C)C)Cc1cc2c(cc1-3)C=CC2(C)C)[c]1ccccc1. The molecule has 0 saturated heterocycles. The second-order valence-corrected chi connectivity index (χ2v) is 30.5. The van der Waals surface area contributed by atoms with Crippen LogP contribution in [0.25, 0.3) is 23.3 Å². The second kappa shape index (κ2) is 10.7. The van der Waals surface area contributed by atoms with Crippen LogP contribution in [0.1, 0.15) is 95.7 Å². The number of hydrogen-bond acceptors (Lipinski definition) is 0. The first-order valence-electron chi connectivity index (χ1n) is 16.4. The third kappa shape index (κ3) is 4.65. The summed E-state index contributed by atoms with van der Waals surface area (Å²) in [4.78, 5) is 0. The molecule has 0 fully saturated rings. The first-order valence-corrected chi connectivity index (χ1v) is 23.6. The summed E-state index contributed by atoms with van der Waals surface area (Å²) in [6, 6.07) is 21.6. The van der Waals surface area contributed by atoms with E-state index in [1.54, 1.807) is 6.56 Å². The fourth-order valence-corrected chi connectivity index (χ4v) is 26.5. The second-order valence-electron chi connectivity index (χ2n) is 16.3. The van der Waals surface area contributed by atoms with Gasteiger partial charge in [0, 0.05) is 0 Å². The Morgan fingerprint density at radius 2 is 1.44 bits per heavy atom. The standard InChI is InChI=1S/C23H21.C10H15.C6H5.C2H5.CH2.2ClH.Zr/c1-22(2)7-5-14-10-18-16(12-20(14)22)9-17-13-21-15(11-19(17)18)6-8-23(21,3)4;1-8-5-6-9(7-8)10(2,3)4;1-2-4-6-5-3-1;1-2;;;;/h5-7,10-13H,9H2,1-4H3;6-8H,1-4H3;1-5H;1H2,2H3;1H2;2*1H;. The summed E-state index contributed by atoms with van der Waals surface area (Å²) < 4.78 is 11.5. The average Bonchev–Trinajstić information content (AvgIpc) is 3.68. The van der Waals surface area contributed by atoms with Crippen molar-refractivity contribution < 1.29 is 18.3 Å². The van der Waals surface area contributed by atoms with Gasteiger partial charge in [-0.15, -0.1) is 24.8 Å². The van der Waals surface area contributed by atoms with Gasteiger partial charge in [-0.3, -0.25) is 0 Å². The number of hydrogen-bond donors (Lipinski definition) is 0. The Morgan fingerprint density at radius 3 is 2.02 bits per heavy atom. The zero-order valence-electron chi connectivity index (χ0n) is 28.6. The van der Waals surface area contributed by atoms with Gasteiger partial charge in [-0.05, 0) is 0 Å². The van der Waals surface area contributed by atoms with E-state index < -0.39 is 18.3 Å². The molecule has 0 saturated carbocycles. The van der Waals surface area contributed by atoms with Gasteiger partial charge >= 0.3 is 262 Å². The first kappa shape index (κ1) is 34.3. The molecule has 3 aromatic carbocycles. The van der Waals surface area contributed by atoms with Crippen LogP contribution in [-0.4, -0.2) is 4.21 Å². The molecule has 0 aromatic heterocycles. The van der Waals surface area contributed by atoms with Gasteiger partial charge in [0.25, 0.3) is 0 Å². The molecule has 0 aliphatic heterocycles. The summed E-state index contributed by atoms with van der Waals surface area (Å²) in [6.45, 7) is 21.6. The van der Waals surface area contributed by atoms with Crippen molar-refractivity contribution in [3.8, 4) is 11.1 Å². The molecule has 3 aromatic rings. The van der Waals surface area contributed by atoms with Crippen molar-refractivity contribution in [2.45, 2.75) is 83.7 Å². The molecule has 0 bridgehead atoms. The monoisotopic (exact) mass is 714 g/mol. The number of halogens is 2. The van der Waals surface area contributed by atoms with Crippen molar-refractivity contribution in [3.63, 3.8) is 0 Å². The van der Waals surface area contributed by atoms with E-state index in [2.05, 4.69) is 147 Å². The Hall–Kier alpha value is -2.05. The molecule has 0 spiro atoms. The van der Waals surface area contributed by atoms with E-state index in [-0.39, 0.29) is 41.1 Å². The van der Waals surface area contributed by atoms with Crippen LogP contribution in [0.15, 0.2) is 85.0 Å². The van der Waals surface area contributed by atoms with Crippen molar-refractivity contribution in [2.24, 2.45) is 11.3 Å². The normalized spacial score (nSPS) is 20.2. The van der Waals surface area contributed by atoms with Crippen LogP contribution in [-0.2, 0) is 35.5 Å². The van der Waals surface area contributed by atoms with Crippen molar-refractivity contribution >= 4 is 44.4 Å². The molecule has 0 nitrogen and oxygen atoms in total. The molecular weight excluding hydrogens is 667 g/mol. The predicted molar refractivity (Wildman–Crippen MR) is 201 cm³/mol. The zero-order chi connectivity index (χ0) is 30.8. The van der Waals surface area contributed by atoms with Gasteiger partial charge in [0.1, 0.15) is 0 Å². The molecule has 4 aliphatic rings. The van der Waals surface area contributed by atoms with Crippen LogP contribution in [0.4, 0.5) is 0 Å². The van der Waals surface area contributed by atoms with Crippen molar-refractivity contribution in [1.29, 1.82) is 0 Å². The number of benzene rings is 3. The first-order chi connectivity index (χ1) is 20.1. The van der Waals surface area contributed by atoms with Crippen LogP contribution in [0.5, 0.6) is 0 Å². The van der Waals surface area contributed by atoms with E-state index in [1.165, 1.54) is 53.4 Å².